The van der Waals surface area contributed by atoms with Crippen LogP contribution in [0.2, 0.25) is 0 Å². The van der Waals surface area contributed by atoms with Crippen molar-refractivity contribution in [2.24, 2.45) is 0 Å². The first kappa shape index (κ1) is 20.2. The second kappa shape index (κ2) is 7.95. The highest BCUT2D eigenvalue weighted by Crippen LogP contribution is 2.26. The maximum Gasteiger partial charge on any atom is 0.196 e. The summed E-state index contributed by atoms with van der Waals surface area (Å²) in [4.78, 5) is 13.0. The van der Waals surface area contributed by atoms with Crippen molar-refractivity contribution < 1.29 is 9.32 Å². The van der Waals surface area contributed by atoms with Crippen LogP contribution in [0.5, 0.6) is 0 Å². The van der Waals surface area contributed by atoms with E-state index in [9.17, 15) is 4.79 Å². The lowest BCUT2D eigenvalue weighted by Crippen LogP contribution is -2.07. The maximum absolute atomic E-state index is 13.0. The molecule has 8 heteroatoms. The van der Waals surface area contributed by atoms with Gasteiger partial charge in [-0.3, -0.25) is 13.9 Å². The Balaban J connectivity index is 1.58. The number of rotatable bonds is 6. The van der Waals surface area contributed by atoms with Crippen molar-refractivity contribution in [1.29, 1.82) is 0 Å². The van der Waals surface area contributed by atoms with Crippen LogP contribution in [0.4, 0.5) is 0 Å². The molecule has 0 N–H and O–H groups in total. The molecule has 0 fully saturated rings. The zero-order valence-corrected chi connectivity index (χ0v) is 18.4. The molecule has 3 aromatic heterocycles. The van der Waals surface area contributed by atoms with Gasteiger partial charge in [-0.05, 0) is 52.3 Å². The number of thioether (sulfide) groups is 1. The lowest BCUT2D eigenvalue weighted by atomic mass is 10.2. The Morgan fingerprint density at radius 3 is 2.50 bits per heavy atom. The Labute approximate surface area is 179 Å². The minimum atomic E-state index is 0.0385. The van der Waals surface area contributed by atoms with Gasteiger partial charge in [0.05, 0.1) is 11.4 Å². The summed E-state index contributed by atoms with van der Waals surface area (Å²) >= 11 is 1.39. The first-order valence-electron chi connectivity index (χ1n) is 9.63. The molecule has 3 heterocycles. The van der Waals surface area contributed by atoms with Gasteiger partial charge in [-0.1, -0.05) is 35.1 Å². The molecule has 0 spiro atoms. The number of benzene rings is 1. The van der Waals surface area contributed by atoms with Gasteiger partial charge in [0.1, 0.15) is 11.6 Å². The van der Waals surface area contributed by atoms with Crippen LogP contribution in [-0.4, -0.2) is 36.0 Å². The number of Topliss-reactive ketones (excluding diaryl/α,β-unsaturated/α-hetero) is 1. The Hall–Kier alpha value is -3.13. The van der Waals surface area contributed by atoms with Crippen molar-refractivity contribution >= 4 is 17.5 Å². The molecular weight excluding hydrogens is 398 g/mol. The Morgan fingerprint density at radius 1 is 1.03 bits per heavy atom. The lowest BCUT2D eigenvalue weighted by Gasteiger charge is -2.11. The van der Waals surface area contributed by atoms with Crippen LogP contribution in [0.1, 0.15) is 38.9 Å². The van der Waals surface area contributed by atoms with Crippen LogP contribution in [0.25, 0.3) is 11.5 Å². The van der Waals surface area contributed by atoms with Crippen LogP contribution in [-0.2, 0) is 0 Å². The maximum atomic E-state index is 13.0. The molecule has 154 valence electrons. The van der Waals surface area contributed by atoms with Crippen molar-refractivity contribution in [1.82, 2.24) is 24.5 Å². The SMILES string of the molecule is Cc1cc(-n2c(C)cc(C(=O)CSc3nnc(C)n3-c3ccccc3C)c2C)no1. The van der Waals surface area contributed by atoms with Crippen molar-refractivity contribution in [3.63, 3.8) is 0 Å². The van der Waals surface area contributed by atoms with Gasteiger partial charge in [0, 0.05) is 23.0 Å². The molecule has 4 aromatic rings. The third-order valence-corrected chi connectivity index (χ3v) is 5.99. The highest BCUT2D eigenvalue weighted by atomic mass is 32.2. The molecule has 0 bridgehead atoms. The molecule has 0 unspecified atom stereocenters. The van der Waals surface area contributed by atoms with Gasteiger partial charge >= 0.3 is 0 Å². The fourth-order valence-electron chi connectivity index (χ4n) is 3.59. The van der Waals surface area contributed by atoms with E-state index in [0.29, 0.717) is 16.5 Å². The number of hydrogen-bond donors (Lipinski definition) is 0. The van der Waals surface area contributed by atoms with Gasteiger partial charge in [0.25, 0.3) is 0 Å². The van der Waals surface area contributed by atoms with E-state index in [0.717, 1.165) is 34.2 Å². The van der Waals surface area contributed by atoms with E-state index in [2.05, 4.69) is 28.3 Å². The summed E-state index contributed by atoms with van der Waals surface area (Å²) in [5.41, 5.74) is 4.62. The third kappa shape index (κ3) is 3.59. The predicted molar refractivity (Wildman–Crippen MR) is 116 cm³/mol. The zero-order valence-electron chi connectivity index (χ0n) is 17.6. The second-order valence-corrected chi connectivity index (χ2v) is 8.22. The highest BCUT2D eigenvalue weighted by molar-refractivity contribution is 7.99. The smallest absolute Gasteiger partial charge is 0.196 e. The van der Waals surface area contributed by atoms with Crippen molar-refractivity contribution in [2.75, 3.05) is 5.75 Å². The number of hydrogen-bond acceptors (Lipinski definition) is 6. The lowest BCUT2D eigenvalue weighted by molar-refractivity contribution is 0.102. The summed E-state index contributed by atoms with van der Waals surface area (Å²) in [6, 6.07) is 11.8. The van der Waals surface area contributed by atoms with Gasteiger partial charge in [-0.15, -0.1) is 10.2 Å². The zero-order chi connectivity index (χ0) is 21.4. The quantitative estimate of drug-likeness (QED) is 0.335. The molecule has 0 aliphatic heterocycles. The molecule has 0 atom stereocenters. The minimum Gasteiger partial charge on any atom is -0.360 e. The molecule has 0 saturated carbocycles. The summed E-state index contributed by atoms with van der Waals surface area (Å²) in [5.74, 6) is 2.51. The fourth-order valence-corrected chi connectivity index (χ4v) is 4.47. The number of carbonyl (C=O) groups excluding carboxylic acids is 1. The van der Waals surface area contributed by atoms with Gasteiger partial charge in [0.2, 0.25) is 0 Å². The summed E-state index contributed by atoms with van der Waals surface area (Å²) in [6.45, 7) is 9.70. The van der Waals surface area contributed by atoms with Crippen molar-refractivity contribution in [3.05, 3.63) is 70.5 Å². The second-order valence-electron chi connectivity index (χ2n) is 7.28. The van der Waals surface area contributed by atoms with Crippen molar-refractivity contribution in [3.8, 4) is 11.5 Å². The largest absolute Gasteiger partial charge is 0.360 e. The Kier molecular flexibility index (Phi) is 5.34. The van der Waals surface area contributed by atoms with Crippen LogP contribution >= 0.6 is 11.8 Å². The number of para-hydroxylation sites is 1. The Bertz CT molecular complexity index is 1230. The highest BCUT2D eigenvalue weighted by Gasteiger charge is 2.20. The van der Waals surface area contributed by atoms with Gasteiger partial charge < -0.3 is 4.52 Å². The standard InChI is InChI=1S/C22H23N5O2S/c1-13-8-6-7-9-19(13)27-17(5)23-24-22(27)30-12-20(28)18-10-14(2)26(16(18)4)21-11-15(3)29-25-21/h6-11H,12H2,1-5H3. The van der Waals surface area contributed by atoms with E-state index >= 15 is 0 Å². The predicted octanol–water partition coefficient (Wildman–Crippen LogP) is 4.56. The van der Waals surface area contributed by atoms with Crippen LogP contribution in [0.15, 0.2) is 46.1 Å². The fraction of sp³-hybridized carbons (Fsp3) is 0.273. The van der Waals surface area contributed by atoms with E-state index in [-0.39, 0.29) is 11.5 Å². The molecule has 0 radical (unpaired) electrons. The van der Waals surface area contributed by atoms with Crippen LogP contribution < -0.4 is 0 Å². The summed E-state index contributed by atoms with van der Waals surface area (Å²) in [5, 5.41) is 13.3. The molecule has 0 saturated heterocycles. The number of carbonyl (C=O) groups is 1. The molecule has 7 nitrogen and oxygen atoms in total. The first-order chi connectivity index (χ1) is 14.4. The minimum absolute atomic E-state index is 0.0385. The first-order valence-corrected chi connectivity index (χ1v) is 10.6. The normalized spacial score (nSPS) is 11.2. The van der Waals surface area contributed by atoms with E-state index in [4.69, 9.17) is 4.52 Å². The van der Waals surface area contributed by atoms with Crippen LogP contribution in [0.3, 0.4) is 0 Å². The number of ketones is 1. The van der Waals surface area contributed by atoms with E-state index in [1.807, 2.05) is 67.2 Å². The van der Waals surface area contributed by atoms with E-state index in [1.54, 1.807) is 0 Å². The van der Waals surface area contributed by atoms with Crippen LogP contribution in [0, 0.1) is 34.6 Å². The average molecular weight is 422 g/mol. The van der Waals surface area contributed by atoms with E-state index < -0.39 is 0 Å². The molecular formula is C22H23N5O2S. The summed E-state index contributed by atoms with van der Waals surface area (Å²) in [7, 11) is 0. The molecule has 1 aromatic carbocycles. The van der Waals surface area contributed by atoms with Crippen molar-refractivity contribution in [2.45, 2.75) is 39.8 Å². The van der Waals surface area contributed by atoms with Gasteiger partial charge in [-0.2, -0.15) is 0 Å². The average Bonchev–Trinajstić information content (AvgIpc) is 3.38. The topological polar surface area (TPSA) is 78.7 Å². The van der Waals surface area contributed by atoms with Gasteiger partial charge in [-0.25, -0.2) is 0 Å². The molecule has 0 aliphatic rings. The molecule has 4 rings (SSSR count). The summed E-state index contributed by atoms with van der Waals surface area (Å²) < 4.78 is 9.13. The molecule has 0 amide bonds. The number of aryl methyl sites for hydroxylation is 4. The number of nitrogens with zero attached hydrogens (tertiary/aromatic N) is 5. The molecule has 30 heavy (non-hydrogen) atoms. The monoisotopic (exact) mass is 421 g/mol. The summed E-state index contributed by atoms with van der Waals surface area (Å²) in [6.07, 6.45) is 0. The molecule has 0 aliphatic carbocycles. The third-order valence-electron chi connectivity index (χ3n) is 5.06. The van der Waals surface area contributed by atoms with E-state index in [1.165, 1.54) is 11.8 Å². The van der Waals surface area contributed by atoms with Gasteiger partial charge in [0.15, 0.2) is 16.8 Å². The Morgan fingerprint density at radius 2 is 1.80 bits per heavy atom. The number of aromatic nitrogens is 5.